The third-order valence-corrected chi connectivity index (χ3v) is 5.59. The molecule has 0 N–H and O–H groups in total. The van der Waals surface area contributed by atoms with Gasteiger partial charge >= 0.3 is 11.9 Å². The van der Waals surface area contributed by atoms with E-state index in [-0.39, 0.29) is 41.3 Å². The van der Waals surface area contributed by atoms with Crippen LogP contribution in [0.4, 0.5) is 0 Å². The summed E-state index contributed by atoms with van der Waals surface area (Å²) >= 11 is 0. The Hall–Kier alpha value is -3.28. The maximum atomic E-state index is 12.5. The van der Waals surface area contributed by atoms with Gasteiger partial charge in [-0.2, -0.15) is 0 Å². The van der Waals surface area contributed by atoms with Crippen molar-refractivity contribution in [2.45, 2.75) is 39.0 Å². The summed E-state index contributed by atoms with van der Waals surface area (Å²) in [5, 5.41) is 0. The molecule has 0 amide bonds. The molecule has 0 heterocycles. The van der Waals surface area contributed by atoms with Crippen molar-refractivity contribution in [2.24, 2.45) is 17.8 Å². The number of ketones is 2. The minimum absolute atomic E-state index is 0.109. The Morgan fingerprint density at radius 1 is 0.710 bits per heavy atom. The number of carbonyl (C=O) groups is 4. The van der Waals surface area contributed by atoms with Gasteiger partial charge < -0.3 is 9.47 Å². The summed E-state index contributed by atoms with van der Waals surface area (Å²) in [6, 6.07) is 12.8. The Bertz CT molecular complexity index is 916. The van der Waals surface area contributed by atoms with E-state index >= 15 is 0 Å². The lowest BCUT2D eigenvalue weighted by molar-refractivity contribution is -0.151. The van der Waals surface area contributed by atoms with Crippen LogP contribution in [0.3, 0.4) is 0 Å². The molecule has 2 fully saturated rings. The van der Waals surface area contributed by atoms with Gasteiger partial charge in [-0.25, -0.2) is 0 Å². The summed E-state index contributed by atoms with van der Waals surface area (Å²) in [5.41, 5.74) is 1.19. The second kappa shape index (κ2) is 8.84. The van der Waals surface area contributed by atoms with Crippen LogP contribution in [-0.2, 0) is 9.59 Å². The average molecular weight is 420 g/mol. The van der Waals surface area contributed by atoms with Crippen molar-refractivity contribution in [3.8, 4) is 11.5 Å². The number of carbonyl (C=O) groups excluding carboxylic acids is 4. The number of hydrogen-bond acceptors (Lipinski definition) is 6. The molecule has 160 valence electrons. The van der Waals surface area contributed by atoms with Gasteiger partial charge in [-0.1, -0.05) is 6.92 Å². The van der Waals surface area contributed by atoms with Crippen LogP contribution < -0.4 is 9.47 Å². The lowest BCUT2D eigenvalue weighted by Crippen LogP contribution is -2.31. The molecule has 0 aromatic heterocycles. The van der Waals surface area contributed by atoms with Gasteiger partial charge in [-0.15, -0.1) is 0 Å². The molecule has 2 saturated carbocycles. The standard InChI is InChI=1S/C25H24O6/c1-2-21(24(28)30-19-11-7-17(8-12-19)22(26)15-3-4-15)25(29)31-20-13-9-18(10-14-20)23(27)16-5-6-16/h7-16,21H,2-6H2,1H3. The second-order valence-electron chi connectivity index (χ2n) is 8.13. The van der Waals surface area contributed by atoms with Crippen LogP contribution in [0.5, 0.6) is 11.5 Å². The first-order chi connectivity index (χ1) is 15.0. The molecule has 0 saturated heterocycles. The normalized spacial score (nSPS) is 15.4. The van der Waals surface area contributed by atoms with Crippen LogP contribution in [0.1, 0.15) is 59.7 Å². The SMILES string of the molecule is CCC(C(=O)Oc1ccc(C(=O)C2CC2)cc1)C(=O)Oc1ccc(C(=O)C2CC2)cc1. The number of ether oxygens (including phenoxy) is 2. The largest absolute Gasteiger partial charge is 0.426 e. The Morgan fingerprint density at radius 2 is 1.06 bits per heavy atom. The van der Waals surface area contributed by atoms with E-state index in [1.54, 1.807) is 55.5 Å². The predicted molar refractivity (Wildman–Crippen MR) is 112 cm³/mol. The van der Waals surface area contributed by atoms with E-state index < -0.39 is 17.9 Å². The molecule has 4 rings (SSSR count). The topological polar surface area (TPSA) is 86.7 Å². The highest BCUT2D eigenvalue weighted by Gasteiger charge is 2.32. The number of hydrogen-bond donors (Lipinski definition) is 0. The van der Waals surface area contributed by atoms with Crippen LogP contribution in [0.25, 0.3) is 0 Å². The number of Topliss-reactive ketones (excluding diaryl/α,β-unsaturated/α-hetero) is 2. The smallest absolute Gasteiger partial charge is 0.325 e. The van der Waals surface area contributed by atoms with E-state index in [0.717, 1.165) is 25.7 Å². The van der Waals surface area contributed by atoms with Crippen LogP contribution >= 0.6 is 0 Å². The second-order valence-corrected chi connectivity index (χ2v) is 8.13. The molecule has 2 aromatic carbocycles. The third kappa shape index (κ3) is 5.08. The molecule has 31 heavy (non-hydrogen) atoms. The molecule has 2 aromatic rings. The number of esters is 2. The maximum Gasteiger partial charge on any atom is 0.325 e. The van der Waals surface area contributed by atoms with E-state index in [9.17, 15) is 19.2 Å². The van der Waals surface area contributed by atoms with Crippen molar-refractivity contribution in [1.82, 2.24) is 0 Å². The molecule has 0 bridgehead atoms. The highest BCUT2D eigenvalue weighted by molar-refractivity contribution is 6.00. The summed E-state index contributed by atoms with van der Waals surface area (Å²) in [5.74, 6) is -1.51. The Kier molecular flexibility index (Phi) is 5.98. The van der Waals surface area contributed by atoms with E-state index in [2.05, 4.69) is 0 Å². The quantitative estimate of drug-likeness (QED) is 0.258. The van der Waals surface area contributed by atoms with E-state index in [1.165, 1.54) is 0 Å². The fraction of sp³-hybridized carbons (Fsp3) is 0.360. The molecular formula is C25H24O6. The summed E-state index contributed by atoms with van der Waals surface area (Å²) in [6.45, 7) is 1.70. The van der Waals surface area contributed by atoms with Gasteiger partial charge in [0.15, 0.2) is 17.5 Å². The third-order valence-electron chi connectivity index (χ3n) is 5.59. The summed E-state index contributed by atoms with van der Waals surface area (Å²) in [7, 11) is 0. The molecule has 0 atom stereocenters. The zero-order valence-electron chi connectivity index (χ0n) is 17.3. The first-order valence-corrected chi connectivity index (χ1v) is 10.7. The molecule has 0 radical (unpaired) electrons. The molecule has 0 unspecified atom stereocenters. The van der Waals surface area contributed by atoms with Crippen LogP contribution in [0, 0.1) is 17.8 Å². The van der Waals surface area contributed by atoms with Crippen molar-refractivity contribution in [1.29, 1.82) is 0 Å². The van der Waals surface area contributed by atoms with Crippen molar-refractivity contribution in [2.75, 3.05) is 0 Å². The maximum absolute atomic E-state index is 12.5. The van der Waals surface area contributed by atoms with Gasteiger partial charge in [0.2, 0.25) is 0 Å². The van der Waals surface area contributed by atoms with E-state index in [1.807, 2.05) is 0 Å². The van der Waals surface area contributed by atoms with E-state index in [0.29, 0.717) is 11.1 Å². The molecule has 2 aliphatic rings. The zero-order valence-corrected chi connectivity index (χ0v) is 17.3. The Labute approximate surface area is 180 Å². The lowest BCUT2D eigenvalue weighted by Gasteiger charge is -2.14. The fourth-order valence-corrected chi connectivity index (χ4v) is 3.34. The zero-order chi connectivity index (χ0) is 22.0. The Morgan fingerprint density at radius 3 is 1.35 bits per heavy atom. The highest BCUT2D eigenvalue weighted by Crippen LogP contribution is 2.33. The molecular weight excluding hydrogens is 396 g/mol. The number of rotatable bonds is 9. The van der Waals surface area contributed by atoms with Gasteiger partial charge in [0, 0.05) is 23.0 Å². The van der Waals surface area contributed by atoms with Crippen molar-refractivity contribution in [3.63, 3.8) is 0 Å². The molecule has 6 heteroatoms. The van der Waals surface area contributed by atoms with Gasteiger partial charge in [-0.05, 0) is 80.6 Å². The minimum atomic E-state index is -1.08. The predicted octanol–water partition coefficient (Wildman–Crippen LogP) is 4.41. The van der Waals surface area contributed by atoms with Crippen molar-refractivity contribution in [3.05, 3.63) is 59.7 Å². The van der Waals surface area contributed by atoms with Gasteiger partial charge in [0.25, 0.3) is 0 Å². The van der Waals surface area contributed by atoms with Crippen LogP contribution in [0.2, 0.25) is 0 Å². The van der Waals surface area contributed by atoms with Crippen LogP contribution in [0.15, 0.2) is 48.5 Å². The summed E-state index contributed by atoms with van der Waals surface area (Å²) in [4.78, 5) is 49.1. The Balaban J connectivity index is 1.34. The van der Waals surface area contributed by atoms with Gasteiger partial charge in [0.05, 0.1) is 0 Å². The first kappa shape index (κ1) is 21.0. The van der Waals surface area contributed by atoms with E-state index in [4.69, 9.17) is 9.47 Å². The van der Waals surface area contributed by atoms with Gasteiger partial charge in [-0.3, -0.25) is 19.2 Å². The average Bonchev–Trinajstić information content (AvgIpc) is 3.67. The van der Waals surface area contributed by atoms with Crippen molar-refractivity contribution < 1.29 is 28.7 Å². The van der Waals surface area contributed by atoms with Crippen molar-refractivity contribution >= 4 is 23.5 Å². The summed E-state index contributed by atoms with van der Waals surface area (Å²) in [6.07, 6.45) is 3.92. The van der Waals surface area contributed by atoms with Crippen LogP contribution in [-0.4, -0.2) is 23.5 Å². The van der Waals surface area contributed by atoms with Gasteiger partial charge in [0.1, 0.15) is 11.5 Å². The molecule has 2 aliphatic carbocycles. The molecule has 0 aliphatic heterocycles. The first-order valence-electron chi connectivity index (χ1n) is 10.7. The number of benzene rings is 2. The highest BCUT2D eigenvalue weighted by atomic mass is 16.6. The molecule has 0 spiro atoms. The summed E-state index contributed by atoms with van der Waals surface area (Å²) < 4.78 is 10.7. The lowest BCUT2D eigenvalue weighted by atomic mass is 10.1. The molecule has 6 nitrogen and oxygen atoms in total. The minimum Gasteiger partial charge on any atom is -0.426 e. The fourth-order valence-electron chi connectivity index (χ4n) is 3.34. The monoisotopic (exact) mass is 420 g/mol.